The third-order valence-electron chi connectivity index (χ3n) is 3.28. The summed E-state index contributed by atoms with van der Waals surface area (Å²) in [6.07, 6.45) is 0. The number of hydrogen-bond donors (Lipinski definition) is 1. The molecule has 0 bridgehead atoms. The van der Waals surface area contributed by atoms with Crippen LogP contribution in [0.4, 0.5) is 5.69 Å². The zero-order valence-electron chi connectivity index (χ0n) is 12.7. The first-order chi connectivity index (χ1) is 10.3. The fourth-order valence-corrected chi connectivity index (χ4v) is 2.84. The summed E-state index contributed by atoms with van der Waals surface area (Å²) in [6.45, 7) is 4.92. The lowest BCUT2D eigenvalue weighted by molar-refractivity contribution is -0.161. The van der Waals surface area contributed by atoms with Gasteiger partial charge in [-0.05, 0) is 39.0 Å². The molecule has 118 valence electrons. The molecule has 0 unspecified atom stereocenters. The van der Waals surface area contributed by atoms with Crippen LogP contribution in [0.2, 0.25) is 5.02 Å². The molecule has 2 aromatic rings. The van der Waals surface area contributed by atoms with Crippen LogP contribution in [-0.2, 0) is 14.4 Å². The van der Waals surface area contributed by atoms with Crippen LogP contribution < -0.4 is 10.9 Å². The van der Waals surface area contributed by atoms with E-state index < -0.39 is 11.6 Å². The van der Waals surface area contributed by atoms with Gasteiger partial charge >= 0.3 is 5.97 Å². The van der Waals surface area contributed by atoms with Gasteiger partial charge in [0.05, 0.1) is 0 Å². The SMILES string of the molecule is COC(C)(C)C(=O)ONc1c(C)sc2ccc(Cl)cc2c1=O. The summed E-state index contributed by atoms with van der Waals surface area (Å²) >= 11 is 7.34. The number of fused-ring (bicyclic) bond motifs is 1. The van der Waals surface area contributed by atoms with E-state index in [1.165, 1.54) is 18.4 Å². The van der Waals surface area contributed by atoms with Gasteiger partial charge in [0.2, 0.25) is 5.43 Å². The van der Waals surface area contributed by atoms with E-state index in [2.05, 4.69) is 5.48 Å². The standard InChI is InChI=1S/C15H16ClNO4S/c1-8-12(17-21-14(19)15(2,3)20-4)13(18)10-7-9(16)5-6-11(10)22-8/h5-7,17H,1-4H3. The third-order valence-corrected chi connectivity index (χ3v) is 4.60. The normalized spacial score (nSPS) is 11.5. The molecule has 0 fully saturated rings. The minimum absolute atomic E-state index is 0.222. The fourth-order valence-electron chi connectivity index (χ4n) is 1.70. The van der Waals surface area contributed by atoms with Crippen molar-refractivity contribution < 1.29 is 14.4 Å². The van der Waals surface area contributed by atoms with Crippen LogP contribution in [0.5, 0.6) is 0 Å². The molecule has 0 amide bonds. The van der Waals surface area contributed by atoms with Gasteiger partial charge in [-0.15, -0.1) is 11.3 Å². The summed E-state index contributed by atoms with van der Waals surface area (Å²) in [5, 5.41) is 0.955. The van der Waals surface area contributed by atoms with Crippen LogP contribution in [0, 0.1) is 6.92 Å². The number of methoxy groups -OCH3 is 1. The number of halogens is 1. The van der Waals surface area contributed by atoms with Gasteiger partial charge < -0.3 is 9.57 Å². The number of benzene rings is 1. The van der Waals surface area contributed by atoms with Crippen molar-refractivity contribution in [3.63, 3.8) is 0 Å². The van der Waals surface area contributed by atoms with E-state index in [1.54, 1.807) is 39.0 Å². The highest BCUT2D eigenvalue weighted by Gasteiger charge is 2.29. The lowest BCUT2D eigenvalue weighted by Gasteiger charge is -2.20. The van der Waals surface area contributed by atoms with Crippen molar-refractivity contribution in [1.29, 1.82) is 0 Å². The largest absolute Gasteiger partial charge is 0.367 e. The molecule has 1 heterocycles. The number of carbonyl (C=O) groups excluding carboxylic acids is 1. The Bertz CT molecular complexity index is 785. The van der Waals surface area contributed by atoms with Crippen molar-refractivity contribution in [2.24, 2.45) is 0 Å². The monoisotopic (exact) mass is 341 g/mol. The van der Waals surface area contributed by atoms with E-state index in [0.717, 1.165) is 4.70 Å². The topological polar surface area (TPSA) is 64.6 Å². The average molecular weight is 342 g/mol. The number of nitrogens with one attached hydrogen (secondary N) is 1. The van der Waals surface area contributed by atoms with Gasteiger partial charge in [-0.25, -0.2) is 10.3 Å². The third kappa shape index (κ3) is 3.24. The van der Waals surface area contributed by atoms with Crippen molar-refractivity contribution in [1.82, 2.24) is 0 Å². The second-order valence-electron chi connectivity index (χ2n) is 5.21. The van der Waals surface area contributed by atoms with Gasteiger partial charge in [0.25, 0.3) is 0 Å². The molecule has 5 nitrogen and oxygen atoms in total. The lowest BCUT2D eigenvalue weighted by Crippen LogP contribution is -2.37. The predicted octanol–water partition coefficient (Wildman–Crippen LogP) is 3.52. The molecule has 0 spiro atoms. The van der Waals surface area contributed by atoms with Crippen molar-refractivity contribution in [2.45, 2.75) is 26.4 Å². The predicted molar refractivity (Wildman–Crippen MR) is 88.6 cm³/mol. The van der Waals surface area contributed by atoms with E-state index in [-0.39, 0.29) is 11.1 Å². The van der Waals surface area contributed by atoms with Crippen molar-refractivity contribution in [3.05, 3.63) is 38.3 Å². The van der Waals surface area contributed by atoms with Gasteiger partial charge in [0.1, 0.15) is 5.69 Å². The summed E-state index contributed by atoms with van der Waals surface area (Å²) in [5.74, 6) is -0.620. The molecule has 0 aliphatic heterocycles. The molecular formula is C15H16ClNO4S. The summed E-state index contributed by atoms with van der Waals surface area (Å²) in [6, 6.07) is 5.12. The summed E-state index contributed by atoms with van der Waals surface area (Å²) in [4.78, 5) is 30.1. The Balaban J connectivity index is 2.36. The van der Waals surface area contributed by atoms with E-state index >= 15 is 0 Å². The van der Waals surface area contributed by atoms with Crippen LogP contribution in [0.3, 0.4) is 0 Å². The van der Waals surface area contributed by atoms with Crippen LogP contribution >= 0.6 is 22.9 Å². The number of rotatable bonds is 4. The Kier molecular flexibility index (Phi) is 4.75. The maximum atomic E-state index is 12.5. The van der Waals surface area contributed by atoms with Crippen LogP contribution in [-0.4, -0.2) is 18.7 Å². The van der Waals surface area contributed by atoms with Crippen LogP contribution in [0.1, 0.15) is 18.7 Å². The number of carbonyl (C=O) groups is 1. The quantitative estimate of drug-likeness (QED) is 0.862. The van der Waals surface area contributed by atoms with E-state index in [1.807, 2.05) is 0 Å². The second kappa shape index (κ2) is 6.24. The first-order valence-electron chi connectivity index (χ1n) is 6.51. The Hall–Kier alpha value is -1.63. The van der Waals surface area contributed by atoms with Gasteiger partial charge in [-0.1, -0.05) is 11.6 Å². The molecule has 0 saturated heterocycles. The number of anilines is 1. The summed E-state index contributed by atoms with van der Waals surface area (Å²) < 4.78 is 5.85. The Morgan fingerprint density at radius 2 is 2.05 bits per heavy atom. The minimum Gasteiger partial charge on any atom is -0.367 e. The lowest BCUT2D eigenvalue weighted by atomic mass is 10.1. The number of hydrogen-bond acceptors (Lipinski definition) is 6. The zero-order chi connectivity index (χ0) is 16.5. The van der Waals surface area contributed by atoms with Crippen LogP contribution in [0.25, 0.3) is 10.1 Å². The number of ether oxygens (including phenoxy) is 1. The first-order valence-corrected chi connectivity index (χ1v) is 7.71. The molecule has 22 heavy (non-hydrogen) atoms. The average Bonchev–Trinajstić information content (AvgIpc) is 2.47. The smallest absolute Gasteiger partial charge is 0.362 e. The molecule has 1 aromatic heterocycles. The summed E-state index contributed by atoms with van der Waals surface area (Å²) in [7, 11) is 1.41. The molecule has 1 N–H and O–H groups in total. The fraction of sp³-hybridized carbons (Fsp3) is 0.333. The molecule has 0 aliphatic rings. The molecule has 0 radical (unpaired) electrons. The van der Waals surface area contributed by atoms with Crippen molar-refractivity contribution >= 4 is 44.7 Å². The molecule has 0 atom stereocenters. The maximum Gasteiger partial charge on any atom is 0.362 e. The molecule has 0 aliphatic carbocycles. The molecule has 2 rings (SSSR count). The van der Waals surface area contributed by atoms with Crippen molar-refractivity contribution in [3.8, 4) is 0 Å². The Morgan fingerprint density at radius 3 is 2.68 bits per heavy atom. The van der Waals surface area contributed by atoms with Gasteiger partial charge in [-0.3, -0.25) is 4.79 Å². The maximum absolute atomic E-state index is 12.5. The van der Waals surface area contributed by atoms with E-state index in [0.29, 0.717) is 15.3 Å². The van der Waals surface area contributed by atoms with E-state index in [4.69, 9.17) is 21.2 Å². The van der Waals surface area contributed by atoms with Crippen molar-refractivity contribution in [2.75, 3.05) is 12.6 Å². The molecular weight excluding hydrogens is 326 g/mol. The zero-order valence-corrected chi connectivity index (χ0v) is 14.2. The second-order valence-corrected chi connectivity index (χ2v) is 6.90. The highest BCUT2D eigenvalue weighted by Crippen LogP contribution is 2.26. The minimum atomic E-state index is -1.10. The molecule has 0 saturated carbocycles. The Labute approximate surface area is 136 Å². The van der Waals surface area contributed by atoms with Gasteiger partial charge in [-0.2, -0.15) is 0 Å². The number of aryl methyl sites for hydroxylation is 1. The first kappa shape index (κ1) is 16.7. The van der Waals surface area contributed by atoms with E-state index in [9.17, 15) is 9.59 Å². The summed E-state index contributed by atoms with van der Waals surface area (Å²) in [5.41, 5.74) is 1.31. The molecule has 7 heteroatoms. The Morgan fingerprint density at radius 1 is 1.36 bits per heavy atom. The van der Waals surface area contributed by atoms with Gasteiger partial charge in [0.15, 0.2) is 5.60 Å². The van der Waals surface area contributed by atoms with Crippen LogP contribution in [0.15, 0.2) is 23.0 Å². The molecule has 1 aromatic carbocycles. The van der Waals surface area contributed by atoms with Gasteiger partial charge in [0, 0.05) is 27.1 Å². The highest BCUT2D eigenvalue weighted by molar-refractivity contribution is 7.18. The highest BCUT2D eigenvalue weighted by atomic mass is 35.5.